The zero-order chi connectivity index (χ0) is 14.6. The maximum atomic E-state index is 11.6. The molecule has 0 saturated carbocycles. The van der Waals surface area contributed by atoms with E-state index in [1.807, 2.05) is 19.9 Å². The Kier molecular flexibility index (Phi) is 4.81. The summed E-state index contributed by atoms with van der Waals surface area (Å²) in [6.45, 7) is 6.67. The molecule has 20 heavy (non-hydrogen) atoms. The van der Waals surface area contributed by atoms with Crippen LogP contribution in [0.1, 0.15) is 32.3 Å². The van der Waals surface area contributed by atoms with Crippen LogP contribution in [0.2, 0.25) is 0 Å². The first-order chi connectivity index (χ1) is 9.54. The van der Waals surface area contributed by atoms with E-state index in [1.54, 1.807) is 0 Å². The van der Waals surface area contributed by atoms with Gasteiger partial charge in [0.05, 0.1) is 5.41 Å². The minimum Gasteiger partial charge on any atom is -0.481 e. The molecule has 1 saturated heterocycles. The first-order valence-corrected chi connectivity index (χ1v) is 7.54. The molecule has 1 unspecified atom stereocenters. The van der Waals surface area contributed by atoms with Crippen molar-refractivity contribution in [1.82, 2.24) is 4.90 Å². The highest BCUT2D eigenvalue weighted by Gasteiger charge is 2.46. The molecule has 1 aromatic carbocycles. The third-order valence-electron chi connectivity index (χ3n) is 4.69. The quantitative estimate of drug-likeness (QED) is 0.867. The van der Waals surface area contributed by atoms with Crippen LogP contribution in [0.4, 0.5) is 0 Å². The van der Waals surface area contributed by atoms with Crippen molar-refractivity contribution in [2.45, 2.75) is 33.1 Å². The highest BCUT2D eigenvalue weighted by atomic mass is 16.4. The highest BCUT2D eigenvalue weighted by Crippen LogP contribution is 2.38. The second-order valence-corrected chi connectivity index (χ2v) is 6.23. The van der Waals surface area contributed by atoms with Crippen molar-refractivity contribution in [3.8, 4) is 0 Å². The van der Waals surface area contributed by atoms with E-state index in [-0.39, 0.29) is 5.92 Å². The lowest BCUT2D eigenvalue weighted by atomic mass is 9.76. The summed E-state index contributed by atoms with van der Waals surface area (Å²) in [6.07, 6.45) is 2.95. The Morgan fingerprint density at radius 1 is 1.35 bits per heavy atom. The zero-order valence-corrected chi connectivity index (χ0v) is 12.5. The number of benzene rings is 1. The number of hydrogen-bond acceptors (Lipinski definition) is 2. The Morgan fingerprint density at radius 2 is 2.05 bits per heavy atom. The second-order valence-electron chi connectivity index (χ2n) is 6.23. The standard InChI is InChI=1S/C17H25NO2/c1-14(2)17(16(19)20)10-12-18(13-17)11-6-9-15-7-4-3-5-8-15/h3-5,7-8,14H,6,9-13H2,1-2H3,(H,19,20). The van der Waals surface area contributed by atoms with Gasteiger partial charge in [-0.1, -0.05) is 44.2 Å². The van der Waals surface area contributed by atoms with Crippen LogP contribution in [0.15, 0.2) is 30.3 Å². The summed E-state index contributed by atoms with van der Waals surface area (Å²) in [5.74, 6) is -0.433. The summed E-state index contributed by atoms with van der Waals surface area (Å²) in [6, 6.07) is 10.5. The summed E-state index contributed by atoms with van der Waals surface area (Å²) in [5.41, 5.74) is 0.826. The largest absolute Gasteiger partial charge is 0.481 e. The van der Waals surface area contributed by atoms with E-state index in [9.17, 15) is 9.90 Å². The number of aliphatic carboxylic acids is 1. The fourth-order valence-electron chi connectivity index (χ4n) is 3.15. The number of carboxylic acids is 1. The number of carboxylic acid groups (broad SMARTS) is 1. The van der Waals surface area contributed by atoms with Gasteiger partial charge in [0, 0.05) is 6.54 Å². The van der Waals surface area contributed by atoms with Gasteiger partial charge in [0.2, 0.25) is 0 Å². The molecule has 1 N–H and O–H groups in total. The first-order valence-electron chi connectivity index (χ1n) is 7.54. The Bertz CT molecular complexity index is 444. The van der Waals surface area contributed by atoms with Gasteiger partial charge in [-0.05, 0) is 43.8 Å². The molecule has 1 aromatic rings. The molecule has 0 spiro atoms. The predicted molar refractivity (Wildman–Crippen MR) is 80.7 cm³/mol. The van der Waals surface area contributed by atoms with Gasteiger partial charge in [-0.15, -0.1) is 0 Å². The summed E-state index contributed by atoms with van der Waals surface area (Å²) in [4.78, 5) is 13.9. The van der Waals surface area contributed by atoms with Gasteiger partial charge < -0.3 is 10.0 Å². The van der Waals surface area contributed by atoms with Crippen LogP contribution in [0.25, 0.3) is 0 Å². The molecule has 0 amide bonds. The molecule has 0 radical (unpaired) electrons. The molecular weight excluding hydrogens is 250 g/mol. The summed E-state index contributed by atoms with van der Waals surface area (Å²) in [7, 11) is 0. The van der Waals surface area contributed by atoms with Gasteiger partial charge in [-0.2, -0.15) is 0 Å². The SMILES string of the molecule is CC(C)C1(C(=O)O)CCN(CCCc2ccccc2)C1. The minimum absolute atomic E-state index is 0.194. The molecule has 0 aromatic heterocycles. The third-order valence-corrected chi connectivity index (χ3v) is 4.69. The minimum atomic E-state index is -0.627. The van der Waals surface area contributed by atoms with Crippen LogP contribution in [0, 0.1) is 11.3 Å². The van der Waals surface area contributed by atoms with Crippen molar-refractivity contribution in [3.63, 3.8) is 0 Å². The summed E-state index contributed by atoms with van der Waals surface area (Å²) < 4.78 is 0. The van der Waals surface area contributed by atoms with Crippen molar-refractivity contribution in [3.05, 3.63) is 35.9 Å². The molecule has 1 atom stereocenters. The topological polar surface area (TPSA) is 40.5 Å². The van der Waals surface area contributed by atoms with Crippen LogP contribution >= 0.6 is 0 Å². The zero-order valence-electron chi connectivity index (χ0n) is 12.5. The van der Waals surface area contributed by atoms with Gasteiger partial charge in [-0.3, -0.25) is 4.79 Å². The second kappa shape index (κ2) is 6.40. The molecule has 3 nitrogen and oxygen atoms in total. The highest BCUT2D eigenvalue weighted by molar-refractivity contribution is 5.75. The number of nitrogens with zero attached hydrogens (tertiary/aromatic N) is 1. The van der Waals surface area contributed by atoms with Crippen molar-refractivity contribution in [2.24, 2.45) is 11.3 Å². The van der Waals surface area contributed by atoms with E-state index in [1.165, 1.54) is 5.56 Å². The van der Waals surface area contributed by atoms with E-state index in [0.717, 1.165) is 32.4 Å². The monoisotopic (exact) mass is 275 g/mol. The lowest BCUT2D eigenvalue weighted by Crippen LogP contribution is -2.39. The maximum Gasteiger partial charge on any atom is 0.311 e. The van der Waals surface area contributed by atoms with Crippen LogP contribution in [-0.4, -0.2) is 35.6 Å². The van der Waals surface area contributed by atoms with Crippen LogP contribution < -0.4 is 0 Å². The fourth-order valence-corrected chi connectivity index (χ4v) is 3.15. The number of rotatable bonds is 6. The van der Waals surface area contributed by atoms with Crippen LogP contribution in [-0.2, 0) is 11.2 Å². The molecule has 1 aliphatic heterocycles. The van der Waals surface area contributed by atoms with Crippen molar-refractivity contribution in [2.75, 3.05) is 19.6 Å². The lowest BCUT2D eigenvalue weighted by Gasteiger charge is -2.28. The number of aryl methyl sites for hydroxylation is 1. The molecular formula is C17H25NO2. The number of hydrogen-bond donors (Lipinski definition) is 1. The lowest BCUT2D eigenvalue weighted by molar-refractivity contribution is -0.151. The number of likely N-dealkylation sites (tertiary alicyclic amines) is 1. The van der Waals surface area contributed by atoms with Gasteiger partial charge in [-0.25, -0.2) is 0 Å². The van der Waals surface area contributed by atoms with Gasteiger partial charge in [0.15, 0.2) is 0 Å². The predicted octanol–water partition coefficient (Wildman–Crippen LogP) is 3.05. The molecule has 1 aliphatic rings. The van der Waals surface area contributed by atoms with Crippen LogP contribution in [0.3, 0.4) is 0 Å². The summed E-state index contributed by atoms with van der Waals surface area (Å²) >= 11 is 0. The van der Waals surface area contributed by atoms with E-state index < -0.39 is 11.4 Å². The first kappa shape index (κ1) is 15.0. The summed E-state index contributed by atoms with van der Waals surface area (Å²) in [5, 5.41) is 9.53. The Hall–Kier alpha value is -1.35. The molecule has 2 rings (SSSR count). The molecule has 1 heterocycles. The average molecular weight is 275 g/mol. The molecule has 1 fully saturated rings. The normalized spacial score (nSPS) is 23.4. The van der Waals surface area contributed by atoms with Gasteiger partial charge in [0.25, 0.3) is 0 Å². The van der Waals surface area contributed by atoms with Crippen LogP contribution in [0.5, 0.6) is 0 Å². The number of carbonyl (C=O) groups is 1. The third kappa shape index (κ3) is 3.21. The Morgan fingerprint density at radius 3 is 2.60 bits per heavy atom. The van der Waals surface area contributed by atoms with E-state index in [2.05, 4.69) is 29.2 Å². The Labute approximate surface area is 121 Å². The van der Waals surface area contributed by atoms with Crippen molar-refractivity contribution < 1.29 is 9.90 Å². The smallest absolute Gasteiger partial charge is 0.311 e. The fraction of sp³-hybridized carbons (Fsp3) is 0.588. The van der Waals surface area contributed by atoms with E-state index in [0.29, 0.717) is 6.54 Å². The van der Waals surface area contributed by atoms with E-state index in [4.69, 9.17) is 0 Å². The van der Waals surface area contributed by atoms with Crippen molar-refractivity contribution in [1.29, 1.82) is 0 Å². The molecule has 110 valence electrons. The molecule has 0 bridgehead atoms. The Balaban J connectivity index is 1.83. The average Bonchev–Trinajstić information content (AvgIpc) is 2.86. The van der Waals surface area contributed by atoms with Gasteiger partial charge >= 0.3 is 5.97 Å². The molecule has 3 heteroatoms. The maximum absolute atomic E-state index is 11.6. The van der Waals surface area contributed by atoms with E-state index >= 15 is 0 Å². The van der Waals surface area contributed by atoms with Crippen molar-refractivity contribution >= 4 is 5.97 Å². The molecule has 0 aliphatic carbocycles. The van der Waals surface area contributed by atoms with Gasteiger partial charge in [0.1, 0.15) is 0 Å².